The zero-order valence-corrected chi connectivity index (χ0v) is 15.0. The van der Waals surface area contributed by atoms with Crippen molar-refractivity contribution in [3.63, 3.8) is 0 Å². The molecular formula is C20H16F3N3O3. The van der Waals surface area contributed by atoms with E-state index >= 15 is 0 Å². The first-order valence-electron chi connectivity index (χ1n) is 8.53. The predicted octanol–water partition coefficient (Wildman–Crippen LogP) is 3.23. The molecule has 0 saturated heterocycles. The largest absolute Gasteiger partial charge is 0.394 e. The molecule has 0 fully saturated rings. The average Bonchev–Trinajstić information content (AvgIpc) is 2.71. The Kier molecular flexibility index (Phi) is 6.29. The van der Waals surface area contributed by atoms with E-state index in [1.165, 1.54) is 36.5 Å². The third-order valence-corrected chi connectivity index (χ3v) is 4.18. The summed E-state index contributed by atoms with van der Waals surface area (Å²) < 4.78 is 39.4. The van der Waals surface area contributed by atoms with Crippen LogP contribution in [0.1, 0.15) is 5.69 Å². The van der Waals surface area contributed by atoms with E-state index in [4.69, 9.17) is 5.11 Å². The summed E-state index contributed by atoms with van der Waals surface area (Å²) in [7, 11) is 0. The fraction of sp³-hybridized carbons (Fsp3) is 0.200. The van der Waals surface area contributed by atoms with Crippen LogP contribution in [0.3, 0.4) is 0 Å². The fourth-order valence-corrected chi connectivity index (χ4v) is 2.93. The number of fused-ring (bicyclic) bond motifs is 1. The van der Waals surface area contributed by atoms with Gasteiger partial charge in [-0.15, -0.1) is 0 Å². The molecule has 29 heavy (non-hydrogen) atoms. The topological polar surface area (TPSA) is 89.6 Å². The zero-order chi connectivity index (χ0) is 21.0. The van der Waals surface area contributed by atoms with E-state index in [1.54, 1.807) is 12.1 Å². The van der Waals surface area contributed by atoms with Crippen LogP contribution in [0.4, 0.5) is 18.9 Å². The summed E-state index contributed by atoms with van der Waals surface area (Å²) >= 11 is 0. The third-order valence-electron chi connectivity index (χ3n) is 4.18. The van der Waals surface area contributed by atoms with Gasteiger partial charge in [-0.25, -0.2) is 19.3 Å². The number of alkyl halides is 2. The lowest BCUT2D eigenvalue weighted by Gasteiger charge is -2.25. The van der Waals surface area contributed by atoms with Crippen molar-refractivity contribution in [2.24, 2.45) is 0 Å². The number of aromatic nitrogens is 1. The molecule has 2 N–H and O–H groups in total. The normalized spacial score (nSPS) is 12.2. The van der Waals surface area contributed by atoms with Gasteiger partial charge in [-0.3, -0.25) is 0 Å². The molecule has 1 heterocycles. The summed E-state index contributed by atoms with van der Waals surface area (Å²) in [6.45, 7) is -4.22. The number of aliphatic hydroxyl groups excluding tert-OH is 2. The highest BCUT2D eigenvalue weighted by atomic mass is 19.3. The molecule has 1 atom stereocenters. The van der Waals surface area contributed by atoms with E-state index < -0.39 is 31.7 Å². The van der Waals surface area contributed by atoms with Crippen LogP contribution in [0.25, 0.3) is 21.9 Å². The van der Waals surface area contributed by atoms with Crippen molar-refractivity contribution >= 4 is 16.5 Å². The van der Waals surface area contributed by atoms with Gasteiger partial charge in [0.25, 0.3) is 0 Å². The average molecular weight is 403 g/mol. The Labute approximate surface area is 164 Å². The van der Waals surface area contributed by atoms with Crippen LogP contribution in [-0.2, 0) is 4.84 Å². The van der Waals surface area contributed by atoms with Crippen molar-refractivity contribution in [2.75, 3.05) is 18.2 Å². The monoisotopic (exact) mass is 403 g/mol. The van der Waals surface area contributed by atoms with Crippen LogP contribution < -0.4 is 5.06 Å². The van der Waals surface area contributed by atoms with Crippen LogP contribution in [0.5, 0.6) is 0 Å². The minimum Gasteiger partial charge on any atom is -0.394 e. The zero-order valence-electron chi connectivity index (χ0n) is 15.0. The predicted molar refractivity (Wildman–Crippen MR) is 99.4 cm³/mol. The molecule has 0 spiro atoms. The van der Waals surface area contributed by atoms with E-state index in [0.717, 1.165) is 5.06 Å². The molecule has 0 amide bonds. The van der Waals surface area contributed by atoms with Gasteiger partial charge in [0, 0.05) is 17.1 Å². The second-order valence-corrected chi connectivity index (χ2v) is 6.14. The second-order valence-electron chi connectivity index (χ2n) is 6.14. The van der Waals surface area contributed by atoms with Crippen LogP contribution in [-0.4, -0.2) is 41.1 Å². The van der Waals surface area contributed by atoms with Crippen LogP contribution in [0.15, 0.2) is 48.7 Å². The van der Waals surface area contributed by atoms with Gasteiger partial charge < -0.3 is 10.2 Å². The van der Waals surface area contributed by atoms with Gasteiger partial charge in [0.1, 0.15) is 17.6 Å². The maximum absolute atomic E-state index is 13.8. The van der Waals surface area contributed by atoms with Crippen molar-refractivity contribution in [2.45, 2.75) is 12.7 Å². The van der Waals surface area contributed by atoms with E-state index in [9.17, 15) is 23.5 Å². The van der Waals surface area contributed by atoms with Gasteiger partial charge in [0.15, 0.2) is 0 Å². The Morgan fingerprint density at radius 1 is 1.21 bits per heavy atom. The van der Waals surface area contributed by atoms with Gasteiger partial charge in [-0.1, -0.05) is 18.2 Å². The number of nitriles is 1. The van der Waals surface area contributed by atoms with Crippen molar-refractivity contribution in [1.82, 2.24) is 4.98 Å². The van der Waals surface area contributed by atoms with E-state index in [-0.39, 0.29) is 11.4 Å². The minimum absolute atomic E-state index is 0.0389. The van der Waals surface area contributed by atoms with Gasteiger partial charge in [0.2, 0.25) is 0 Å². The number of nitrogens with zero attached hydrogens (tertiary/aromatic N) is 3. The van der Waals surface area contributed by atoms with Crippen molar-refractivity contribution in [1.29, 1.82) is 5.26 Å². The molecule has 2 aromatic carbocycles. The summed E-state index contributed by atoms with van der Waals surface area (Å²) in [5.41, 5.74) is 0.926. The number of rotatable bonds is 7. The number of halogens is 3. The Morgan fingerprint density at radius 3 is 2.66 bits per heavy atom. The molecular weight excluding hydrogens is 387 g/mol. The molecule has 3 rings (SSSR count). The van der Waals surface area contributed by atoms with Crippen molar-refractivity contribution in [3.8, 4) is 17.2 Å². The molecule has 3 aromatic rings. The number of hydroxylamine groups is 1. The van der Waals surface area contributed by atoms with E-state index in [2.05, 4.69) is 9.82 Å². The highest BCUT2D eigenvalue weighted by Crippen LogP contribution is 2.34. The van der Waals surface area contributed by atoms with Gasteiger partial charge in [-0.2, -0.15) is 14.0 Å². The van der Waals surface area contributed by atoms with Crippen LogP contribution in [0.2, 0.25) is 0 Å². The maximum atomic E-state index is 13.8. The number of aliphatic hydroxyl groups is 2. The quantitative estimate of drug-likeness (QED) is 0.589. The summed E-state index contributed by atoms with van der Waals surface area (Å²) in [6, 6.07) is 12.1. The molecule has 1 aromatic heterocycles. The number of benzene rings is 2. The van der Waals surface area contributed by atoms with E-state index in [1.807, 2.05) is 6.07 Å². The number of anilines is 1. The standard InChI is InChI=1S/C20H16F3N3O3/c21-14-3-1-2-12(6-14)19-17-7-15(5-4-13(17)9-25-18(19)8-24)26(29-20(22)23)10-16(28)11-27/h1-7,9,16,20,27-28H,10-11H2/t16-/m0/s1. The molecule has 0 radical (unpaired) electrons. The lowest BCUT2D eigenvalue weighted by Crippen LogP contribution is -2.35. The van der Waals surface area contributed by atoms with Crippen LogP contribution >= 0.6 is 0 Å². The van der Waals surface area contributed by atoms with Crippen molar-refractivity contribution in [3.05, 3.63) is 60.2 Å². The first kappa shape index (κ1) is 20.5. The van der Waals surface area contributed by atoms with Crippen LogP contribution in [0, 0.1) is 17.1 Å². The second kappa shape index (κ2) is 8.87. The number of pyridine rings is 1. The highest BCUT2D eigenvalue weighted by molar-refractivity contribution is 5.99. The fourth-order valence-electron chi connectivity index (χ4n) is 2.93. The smallest absolute Gasteiger partial charge is 0.364 e. The third kappa shape index (κ3) is 4.63. The number of hydrogen-bond donors (Lipinski definition) is 2. The Morgan fingerprint density at radius 2 is 2.00 bits per heavy atom. The van der Waals surface area contributed by atoms with Gasteiger partial charge >= 0.3 is 6.61 Å². The number of hydrogen-bond acceptors (Lipinski definition) is 6. The molecule has 150 valence electrons. The molecule has 0 bridgehead atoms. The first-order valence-corrected chi connectivity index (χ1v) is 8.53. The molecule has 0 aliphatic heterocycles. The summed E-state index contributed by atoms with van der Waals surface area (Å²) in [4.78, 5) is 8.56. The molecule has 0 saturated carbocycles. The molecule has 0 aliphatic rings. The maximum Gasteiger partial charge on any atom is 0.364 e. The highest BCUT2D eigenvalue weighted by Gasteiger charge is 2.19. The Bertz CT molecular complexity index is 1060. The van der Waals surface area contributed by atoms with Gasteiger partial charge in [-0.05, 0) is 35.2 Å². The summed E-state index contributed by atoms with van der Waals surface area (Å²) in [5.74, 6) is -0.506. The molecule has 0 aliphatic carbocycles. The molecule has 0 unspecified atom stereocenters. The van der Waals surface area contributed by atoms with Crippen molar-refractivity contribution < 1.29 is 28.2 Å². The Balaban J connectivity index is 2.19. The molecule has 6 nitrogen and oxygen atoms in total. The summed E-state index contributed by atoms with van der Waals surface area (Å²) in [6.07, 6.45) is 0.126. The van der Waals surface area contributed by atoms with Gasteiger partial charge in [0.05, 0.1) is 24.9 Å². The lowest BCUT2D eigenvalue weighted by molar-refractivity contribution is -0.143. The molecule has 9 heteroatoms. The SMILES string of the molecule is N#Cc1ncc2ccc(N(C[C@H](O)CO)OC(F)F)cc2c1-c1cccc(F)c1. The van der Waals surface area contributed by atoms with E-state index in [0.29, 0.717) is 21.9 Å². The summed E-state index contributed by atoms with van der Waals surface area (Å²) in [5, 5.41) is 29.9. The lowest BCUT2D eigenvalue weighted by atomic mass is 9.97. The minimum atomic E-state index is -3.16. The first-order chi connectivity index (χ1) is 13.9. The Hall–Kier alpha value is -3.19.